The first kappa shape index (κ1) is 12.6. The number of halogens is 1. The zero-order chi connectivity index (χ0) is 13.1. The van der Waals surface area contributed by atoms with Crippen molar-refractivity contribution >= 4 is 33.3 Å². The zero-order valence-corrected chi connectivity index (χ0v) is 11.3. The largest absolute Gasteiger partial charge is 0.456 e. The second-order valence-corrected chi connectivity index (χ2v) is 4.53. The van der Waals surface area contributed by atoms with Crippen LogP contribution in [0, 0.1) is 0 Å². The molecule has 5 nitrogen and oxygen atoms in total. The number of rotatable bonds is 3. The van der Waals surface area contributed by atoms with Crippen LogP contribution in [-0.2, 0) is 6.42 Å². The Morgan fingerprint density at radius 3 is 2.94 bits per heavy atom. The number of nitrogens with two attached hydrogens (primary N) is 1. The lowest BCUT2D eigenvalue weighted by molar-refractivity contribution is 0.0994. The maximum atomic E-state index is 11.9. The Balaban J connectivity index is 2.16. The second kappa shape index (κ2) is 5.22. The molecule has 94 valence electrons. The molecule has 0 aliphatic heterocycles. The standard InChI is InChI=1S/C12H12BrN3O2/c1-2-8-3-4-10(18-8)12(17)16-11-9(13)5-7(14)6-15-11/h3-6H,2,14H2,1H3,(H,15,16,17). The van der Waals surface area contributed by atoms with Gasteiger partial charge in [-0.2, -0.15) is 0 Å². The molecule has 3 N–H and O–H groups in total. The first-order valence-corrected chi connectivity index (χ1v) is 6.20. The van der Waals surface area contributed by atoms with Crippen molar-refractivity contribution in [1.29, 1.82) is 0 Å². The number of anilines is 2. The van der Waals surface area contributed by atoms with Gasteiger partial charge in [0.2, 0.25) is 0 Å². The number of furan rings is 1. The molecule has 2 aromatic rings. The van der Waals surface area contributed by atoms with Crippen LogP contribution < -0.4 is 11.1 Å². The van der Waals surface area contributed by atoms with Gasteiger partial charge in [-0.25, -0.2) is 4.98 Å². The average Bonchev–Trinajstić information content (AvgIpc) is 2.81. The number of nitrogens with one attached hydrogen (secondary N) is 1. The Bertz CT molecular complexity index is 580. The Morgan fingerprint density at radius 2 is 2.33 bits per heavy atom. The van der Waals surface area contributed by atoms with E-state index in [1.807, 2.05) is 6.92 Å². The number of nitrogens with zero attached hydrogens (tertiary/aromatic N) is 1. The Morgan fingerprint density at radius 1 is 1.56 bits per heavy atom. The summed E-state index contributed by atoms with van der Waals surface area (Å²) < 4.78 is 5.97. The van der Waals surface area contributed by atoms with Crippen molar-refractivity contribution in [2.45, 2.75) is 13.3 Å². The molecule has 0 radical (unpaired) electrons. The van der Waals surface area contributed by atoms with Gasteiger partial charge >= 0.3 is 0 Å². The molecule has 2 aromatic heterocycles. The first-order chi connectivity index (χ1) is 8.60. The molecule has 2 rings (SSSR count). The predicted molar refractivity (Wildman–Crippen MR) is 72.4 cm³/mol. The van der Waals surface area contributed by atoms with Crippen molar-refractivity contribution in [1.82, 2.24) is 4.98 Å². The van der Waals surface area contributed by atoms with Gasteiger partial charge in [0.1, 0.15) is 11.6 Å². The van der Waals surface area contributed by atoms with Crippen LogP contribution >= 0.6 is 15.9 Å². The Kier molecular flexibility index (Phi) is 3.66. The maximum Gasteiger partial charge on any atom is 0.292 e. The summed E-state index contributed by atoms with van der Waals surface area (Å²) in [5.74, 6) is 1.10. The molecular formula is C12H12BrN3O2. The third-order valence-corrected chi connectivity index (χ3v) is 2.93. The van der Waals surface area contributed by atoms with Gasteiger partial charge in [-0.15, -0.1) is 0 Å². The van der Waals surface area contributed by atoms with E-state index in [1.165, 1.54) is 6.20 Å². The fourth-order valence-corrected chi connectivity index (χ4v) is 1.87. The first-order valence-electron chi connectivity index (χ1n) is 5.41. The normalized spacial score (nSPS) is 10.3. The molecule has 0 unspecified atom stereocenters. The lowest BCUT2D eigenvalue weighted by Gasteiger charge is -2.05. The summed E-state index contributed by atoms with van der Waals surface area (Å²) in [6.07, 6.45) is 2.22. The van der Waals surface area contributed by atoms with Crippen LogP contribution in [0.25, 0.3) is 0 Å². The minimum Gasteiger partial charge on any atom is -0.456 e. The van der Waals surface area contributed by atoms with E-state index in [-0.39, 0.29) is 11.7 Å². The highest BCUT2D eigenvalue weighted by Gasteiger charge is 2.13. The number of carbonyl (C=O) groups excluding carboxylic acids is 1. The number of nitrogen functional groups attached to an aromatic ring is 1. The summed E-state index contributed by atoms with van der Waals surface area (Å²) in [4.78, 5) is 15.9. The number of aromatic nitrogens is 1. The van der Waals surface area contributed by atoms with Crippen molar-refractivity contribution in [3.05, 3.63) is 40.4 Å². The van der Waals surface area contributed by atoms with Gasteiger partial charge in [0.15, 0.2) is 5.76 Å². The Hall–Kier alpha value is -1.82. The molecule has 0 atom stereocenters. The molecule has 0 aromatic carbocycles. The monoisotopic (exact) mass is 309 g/mol. The van der Waals surface area contributed by atoms with Crippen LogP contribution in [0.15, 0.2) is 33.3 Å². The van der Waals surface area contributed by atoms with Gasteiger partial charge in [0.05, 0.1) is 16.4 Å². The molecule has 0 saturated carbocycles. The topological polar surface area (TPSA) is 81.2 Å². The van der Waals surface area contributed by atoms with Crippen LogP contribution in [0.3, 0.4) is 0 Å². The molecule has 0 aliphatic rings. The van der Waals surface area contributed by atoms with Gasteiger partial charge in [-0.05, 0) is 34.1 Å². The molecule has 0 bridgehead atoms. The quantitative estimate of drug-likeness (QED) is 0.913. The van der Waals surface area contributed by atoms with Crippen LogP contribution in [-0.4, -0.2) is 10.9 Å². The molecule has 0 spiro atoms. The van der Waals surface area contributed by atoms with E-state index in [4.69, 9.17) is 10.2 Å². The van der Waals surface area contributed by atoms with Crippen molar-refractivity contribution in [2.24, 2.45) is 0 Å². The molecule has 1 amide bonds. The predicted octanol–water partition coefficient (Wildman–Crippen LogP) is 2.83. The summed E-state index contributed by atoms with van der Waals surface area (Å²) in [7, 11) is 0. The number of aryl methyl sites for hydroxylation is 1. The van der Waals surface area contributed by atoms with E-state index in [0.717, 1.165) is 12.2 Å². The summed E-state index contributed by atoms with van der Waals surface area (Å²) in [5.41, 5.74) is 6.09. The average molecular weight is 310 g/mol. The lowest BCUT2D eigenvalue weighted by atomic mass is 10.3. The second-order valence-electron chi connectivity index (χ2n) is 3.67. The third kappa shape index (κ3) is 2.70. The third-order valence-electron chi connectivity index (χ3n) is 2.33. The fourth-order valence-electron chi connectivity index (χ4n) is 1.40. The van der Waals surface area contributed by atoms with E-state index < -0.39 is 0 Å². The van der Waals surface area contributed by atoms with E-state index >= 15 is 0 Å². The number of amides is 1. The van der Waals surface area contributed by atoms with Gasteiger partial charge in [0, 0.05) is 6.42 Å². The Labute approximate surface area is 113 Å². The summed E-state index contributed by atoms with van der Waals surface area (Å²) >= 11 is 3.28. The summed E-state index contributed by atoms with van der Waals surface area (Å²) in [5, 5.41) is 2.64. The van der Waals surface area contributed by atoms with Crippen LogP contribution in [0.5, 0.6) is 0 Å². The molecule has 6 heteroatoms. The minimum atomic E-state index is -0.340. The van der Waals surface area contributed by atoms with Crippen molar-refractivity contribution in [2.75, 3.05) is 11.1 Å². The van der Waals surface area contributed by atoms with Crippen LogP contribution in [0.4, 0.5) is 11.5 Å². The summed E-state index contributed by atoms with van der Waals surface area (Å²) in [6.45, 7) is 1.96. The minimum absolute atomic E-state index is 0.261. The molecule has 2 heterocycles. The number of carbonyl (C=O) groups is 1. The molecule has 0 aliphatic carbocycles. The lowest BCUT2D eigenvalue weighted by Crippen LogP contribution is -2.12. The SMILES string of the molecule is CCc1ccc(C(=O)Nc2ncc(N)cc2Br)o1. The van der Waals surface area contributed by atoms with Gasteiger partial charge in [-0.1, -0.05) is 6.92 Å². The fraction of sp³-hybridized carbons (Fsp3) is 0.167. The van der Waals surface area contributed by atoms with Gasteiger partial charge in [-0.3, -0.25) is 4.79 Å². The molecular weight excluding hydrogens is 298 g/mol. The molecule has 0 saturated heterocycles. The van der Waals surface area contributed by atoms with E-state index in [0.29, 0.717) is 16.0 Å². The van der Waals surface area contributed by atoms with Crippen LogP contribution in [0.2, 0.25) is 0 Å². The highest BCUT2D eigenvalue weighted by molar-refractivity contribution is 9.10. The van der Waals surface area contributed by atoms with Crippen molar-refractivity contribution < 1.29 is 9.21 Å². The van der Waals surface area contributed by atoms with Crippen molar-refractivity contribution in [3.8, 4) is 0 Å². The molecule has 18 heavy (non-hydrogen) atoms. The zero-order valence-electron chi connectivity index (χ0n) is 9.74. The highest BCUT2D eigenvalue weighted by atomic mass is 79.9. The summed E-state index contributed by atoms with van der Waals surface area (Å²) in [6, 6.07) is 5.09. The van der Waals surface area contributed by atoms with E-state index in [9.17, 15) is 4.79 Å². The van der Waals surface area contributed by atoms with Gasteiger partial charge < -0.3 is 15.5 Å². The molecule has 0 fully saturated rings. The smallest absolute Gasteiger partial charge is 0.292 e. The van der Waals surface area contributed by atoms with E-state index in [2.05, 4.69) is 26.2 Å². The number of hydrogen-bond acceptors (Lipinski definition) is 4. The maximum absolute atomic E-state index is 11.9. The van der Waals surface area contributed by atoms with Gasteiger partial charge in [0.25, 0.3) is 5.91 Å². The van der Waals surface area contributed by atoms with E-state index in [1.54, 1.807) is 18.2 Å². The van der Waals surface area contributed by atoms with Crippen LogP contribution in [0.1, 0.15) is 23.2 Å². The van der Waals surface area contributed by atoms with Crippen molar-refractivity contribution in [3.63, 3.8) is 0 Å². The number of hydrogen-bond donors (Lipinski definition) is 2. The highest BCUT2D eigenvalue weighted by Crippen LogP contribution is 2.22. The number of pyridine rings is 1.